The SMILES string of the molecule is Cc1cccc(Cl)c1N/C(COc1ccc(C2(O)CCN(c3cc(C(=O)N=O)ccn3)CC2)c(Cl)c1)=C(\C=N)C1CC1. The minimum atomic E-state index is -1.16. The van der Waals surface area contributed by atoms with Crippen LogP contribution < -0.4 is 15.0 Å². The highest BCUT2D eigenvalue weighted by atomic mass is 35.5. The number of nitrogens with zero attached hydrogens (tertiary/aromatic N) is 3. The first-order valence-electron chi connectivity index (χ1n) is 13.7. The van der Waals surface area contributed by atoms with Crippen molar-refractivity contribution in [1.29, 1.82) is 5.41 Å². The molecule has 1 aromatic heterocycles. The summed E-state index contributed by atoms with van der Waals surface area (Å²) in [6.07, 6.45) is 5.68. The smallest absolute Gasteiger partial charge is 0.316 e. The number of halogens is 2. The van der Waals surface area contributed by atoms with Gasteiger partial charge in [0, 0.05) is 36.2 Å². The van der Waals surface area contributed by atoms with Gasteiger partial charge in [0.1, 0.15) is 18.2 Å². The quantitative estimate of drug-likeness (QED) is 0.169. The number of aryl methyl sites for hydroxylation is 1. The number of allylic oxidation sites excluding steroid dienone is 1. The number of aromatic nitrogens is 1. The normalized spacial score (nSPS) is 16.8. The van der Waals surface area contributed by atoms with Crippen LogP contribution in [0.25, 0.3) is 0 Å². The standard InChI is InChI=1S/C31H31Cl2N5O4/c1-19-3-2-4-25(32)29(19)36-27(23(17-34)20-5-6-20)18-42-22-7-8-24(26(33)16-22)31(40)10-13-38(14-11-31)28-15-21(9-12-35-28)30(39)37-41/h2-4,7-9,12,15-17,20,34,36,40H,5-6,10-11,13-14,18H2,1H3/b27-23+,34-17?. The topological polar surface area (TPSA) is 128 Å². The molecule has 1 aliphatic heterocycles. The molecule has 1 amide bonds. The van der Waals surface area contributed by atoms with Crippen molar-refractivity contribution in [3.63, 3.8) is 0 Å². The van der Waals surface area contributed by atoms with Crippen molar-refractivity contribution in [3.8, 4) is 5.75 Å². The summed E-state index contributed by atoms with van der Waals surface area (Å²) in [5, 5.41) is 26.4. The van der Waals surface area contributed by atoms with Crippen LogP contribution in [0.3, 0.4) is 0 Å². The second-order valence-electron chi connectivity index (χ2n) is 10.7. The van der Waals surface area contributed by atoms with E-state index in [1.54, 1.807) is 18.2 Å². The molecule has 1 aliphatic carbocycles. The fourth-order valence-corrected chi connectivity index (χ4v) is 5.86. The molecular weight excluding hydrogens is 577 g/mol. The van der Waals surface area contributed by atoms with Crippen LogP contribution >= 0.6 is 23.2 Å². The molecular formula is C31H31Cl2N5O4. The summed E-state index contributed by atoms with van der Waals surface area (Å²) >= 11 is 13.2. The molecule has 2 aliphatic rings. The average molecular weight is 609 g/mol. The van der Waals surface area contributed by atoms with E-state index in [4.69, 9.17) is 33.3 Å². The number of pyridine rings is 1. The number of hydrogen-bond donors (Lipinski definition) is 3. The van der Waals surface area contributed by atoms with E-state index in [1.165, 1.54) is 24.5 Å². The molecule has 5 rings (SSSR count). The van der Waals surface area contributed by atoms with Gasteiger partial charge in [0.05, 0.1) is 32.6 Å². The van der Waals surface area contributed by atoms with Crippen molar-refractivity contribution in [2.75, 3.05) is 29.9 Å². The van der Waals surface area contributed by atoms with Gasteiger partial charge in [-0.2, -0.15) is 0 Å². The number of rotatable bonds is 10. The van der Waals surface area contributed by atoms with E-state index in [-0.39, 0.29) is 12.2 Å². The van der Waals surface area contributed by atoms with Crippen LogP contribution in [0.1, 0.15) is 47.2 Å². The number of ether oxygens (including phenoxy) is 1. The lowest BCUT2D eigenvalue weighted by molar-refractivity contribution is 0.0117. The summed E-state index contributed by atoms with van der Waals surface area (Å²) in [4.78, 5) is 28.6. The Hall–Kier alpha value is -3.79. The molecule has 218 valence electrons. The van der Waals surface area contributed by atoms with E-state index in [9.17, 15) is 14.8 Å². The number of nitroso groups, excluding NO2 is 1. The summed E-state index contributed by atoms with van der Waals surface area (Å²) in [5.74, 6) is 0.554. The summed E-state index contributed by atoms with van der Waals surface area (Å²) in [6, 6.07) is 13.9. The van der Waals surface area contributed by atoms with Crippen LogP contribution in [0.2, 0.25) is 10.0 Å². The molecule has 42 heavy (non-hydrogen) atoms. The van der Waals surface area contributed by atoms with Gasteiger partial charge < -0.3 is 25.5 Å². The molecule has 1 saturated carbocycles. The lowest BCUT2D eigenvalue weighted by Gasteiger charge is -2.39. The first kappa shape index (κ1) is 29.7. The highest BCUT2D eigenvalue weighted by molar-refractivity contribution is 6.33. The fraction of sp³-hybridized carbons (Fsp3) is 0.323. The maximum atomic E-state index is 11.7. The molecule has 0 unspecified atom stereocenters. The number of para-hydroxylation sites is 1. The third-order valence-corrected chi connectivity index (χ3v) is 8.46. The van der Waals surface area contributed by atoms with Gasteiger partial charge in [-0.3, -0.25) is 4.79 Å². The van der Waals surface area contributed by atoms with E-state index in [0.717, 1.165) is 35.4 Å². The zero-order chi connectivity index (χ0) is 29.9. The minimum Gasteiger partial charge on any atom is -0.487 e. The Morgan fingerprint density at radius 1 is 1.19 bits per heavy atom. The van der Waals surface area contributed by atoms with Crippen LogP contribution in [0.15, 0.2) is 71.2 Å². The van der Waals surface area contributed by atoms with Crippen molar-refractivity contribution in [1.82, 2.24) is 4.98 Å². The molecule has 0 atom stereocenters. The third-order valence-electron chi connectivity index (χ3n) is 7.83. The van der Waals surface area contributed by atoms with E-state index in [2.05, 4.69) is 15.5 Å². The Bertz CT molecular complexity index is 1530. The maximum Gasteiger partial charge on any atom is 0.316 e. The Labute approximate surface area is 254 Å². The van der Waals surface area contributed by atoms with Gasteiger partial charge in [-0.1, -0.05) is 41.4 Å². The van der Waals surface area contributed by atoms with Gasteiger partial charge in [-0.25, -0.2) is 4.98 Å². The summed E-state index contributed by atoms with van der Waals surface area (Å²) < 4.78 is 6.14. The summed E-state index contributed by atoms with van der Waals surface area (Å²) in [5.41, 5.74) is 3.07. The Morgan fingerprint density at radius 3 is 2.60 bits per heavy atom. The summed E-state index contributed by atoms with van der Waals surface area (Å²) in [6.45, 7) is 3.11. The van der Waals surface area contributed by atoms with Gasteiger partial charge in [-0.05, 0) is 80.0 Å². The van der Waals surface area contributed by atoms with Crippen LogP contribution in [0.5, 0.6) is 5.75 Å². The van der Waals surface area contributed by atoms with E-state index in [1.807, 2.05) is 30.0 Å². The molecule has 0 spiro atoms. The van der Waals surface area contributed by atoms with Gasteiger partial charge in [0.25, 0.3) is 0 Å². The molecule has 11 heteroatoms. The summed E-state index contributed by atoms with van der Waals surface area (Å²) in [7, 11) is 0. The van der Waals surface area contributed by atoms with Gasteiger partial charge >= 0.3 is 5.91 Å². The molecule has 0 bridgehead atoms. The van der Waals surface area contributed by atoms with Crippen molar-refractivity contribution in [2.24, 2.45) is 11.1 Å². The van der Waals surface area contributed by atoms with Crippen molar-refractivity contribution < 1.29 is 14.6 Å². The Kier molecular flexibility index (Phi) is 8.91. The van der Waals surface area contributed by atoms with Crippen LogP contribution in [0.4, 0.5) is 11.5 Å². The number of piperidine rings is 1. The predicted molar refractivity (Wildman–Crippen MR) is 165 cm³/mol. The molecule has 3 N–H and O–H groups in total. The third kappa shape index (κ3) is 6.48. The van der Waals surface area contributed by atoms with Gasteiger partial charge in [-0.15, -0.1) is 4.91 Å². The zero-order valence-corrected chi connectivity index (χ0v) is 24.6. The highest BCUT2D eigenvalue weighted by Crippen LogP contribution is 2.40. The van der Waals surface area contributed by atoms with E-state index in [0.29, 0.717) is 59.0 Å². The van der Waals surface area contributed by atoms with Crippen molar-refractivity contribution >= 4 is 46.8 Å². The molecule has 0 radical (unpaired) electrons. The number of carbonyl (C=O) groups is 1. The second-order valence-corrected chi connectivity index (χ2v) is 11.5. The lowest BCUT2D eigenvalue weighted by Crippen LogP contribution is -2.43. The number of carbonyl (C=O) groups excluding carboxylic acids is 1. The molecule has 2 aromatic carbocycles. The number of hydrogen-bond acceptors (Lipinski definition) is 8. The van der Waals surface area contributed by atoms with Gasteiger partial charge in [0.2, 0.25) is 0 Å². The number of nitrogens with one attached hydrogen (secondary N) is 2. The van der Waals surface area contributed by atoms with Gasteiger partial charge in [0.15, 0.2) is 0 Å². The first-order valence-corrected chi connectivity index (χ1v) is 14.5. The average Bonchev–Trinajstić information content (AvgIpc) is 3.83. The monoisotopic (exact) mass is 607 g/mol. The first-order chi connectivity index (χ1) is 20.2. The lowest BCUT2D eigenvalue weighted by atomic mass is 9.84. The molecule has 9 nitrogen and oxygen atoms in total. The largest absolute Gasteiger partial charge is 0.487 e. The maximum absolute atomic E-state index is 11.7. The number of amides is 1. The Morgan fingerprint density at radius 2 is 1.95 bits per heavy atom. The predicted octanol–water partition coefficient (Wildman–Crippen LogP) is 6.90. The van der Waals surface area contributed by atoms with Crippen LogP contribution in [0, 0.1) is 23.2 Å². The van der Waals surface area contributed by atoms with E-state index < -0.39 is 11.5 Å². The number of benzene rings is 2. The minimum absolute atomic E-state index is 0.175. The second kappa shape index (κ2) is 12.6. The van der Waals surface area contributed by atoms with Crippen molar-refractivity contribution in [3.05, 3.63) is 97.6 Å². The molecule has 3 aromatic rings. The number of anilines is 2. The Balaban J connectivity index is 1.28. The number of aliphatic hydroxyl groups is 1. The molecule has 1 saturated heterocycles. The van der Waals surface area contributed by atoms with Crippen LogP contribution in [-0.4, -0.2) is 41.9 Å². The van der Waals surface area contributed by atoms with E-state index >= 15 is 0 Å². The van der Waals surface area contributed by atoms with Crippen LogP contribution in [-0.2, 0) is 5.60 Å². The fourth-order valence-electron chi connectivity index (χ4n) is 5.25. The zero-order valence-electron chi connectivity index (χ0n) is 23.1. The highest BCUT2D eigenvalue weighted by Gasteiger charge is 2.36. The molecule has 2 heterocycles. The molecule has 2 fully saturated rings. The van der Waals surface area contributed by atoms with Crippen molar-refractivity contribution in [2.45, 2.75) is 38.2 Å².